The summed E-state index contributed by atoms with van der Waals surface area (Å²) in [6.45, 7) is 1.95. The van der Waals surface area contributed by atoms with E-state index in [1.165, 1.54) is 4.90 Å². The Morgan fingerprint density at radius 2 is 1.71 bits per heavy atom. The van der Waals surface area contributed by atoms with Crippen molar-refractivity contribution in [3.63, 3.8) is 0 Å². The Hall–Kier alpha value is -2.33. The van der Waals surface area contributed by atoms with Crippen LogP contribution in [0.25, 0.3) is 0 Å². The van der Waals surface area contributed by atoms with Crippen molar-refractivity contribution in [1.82, 2.24) is 4.90 Å². The summed E-state index contributed by atoms with van der Waals surface area (Å²) in [5.41, 5.74) is 1.50. The minimum atomic E-state index is -0.276. The van der Waals surface area contributed by atoms with Gasteiger partial charge in [0, 0.05) is 7.05 Å². The highest BCUT2D eigenvalue weighted by Crippen LogP contribution is 2.22. The van der Waals surface area contributed by atoms with Gasteiger partial charge in [-0.3, -0.25) is 9.59 Å². The van der Waals surface area contributed by atoms with Crippen LogP contribution in [0.4, 0.5) is 5.69 Å². The highest BCUT2D eigenvalue weighted by Gasteiger charge is 2.23. The number of hydrogen-bond donors (Lipinski definition) is 1. The van der Waals surface area contributed by atoms with Crippen molar-refractivity contribution in [2.75, 3.05) is 18.9 Å². The van der Waals surface area contributed by atoms with Crippen molar-refractivity contribution < 1.29 is 9.59 Å². The second-order valence-corrected chi connectivity index (χ2v) is 6.00. The average molecular weight is 345 g/mol. The number of amides is 2. The molecule has 0 fully saturated rings. The zero-order valence-electron chi connectivity index (χ0n) is 13.8. The monoisotopic (exact) mass is 344 g/mol. The van der Waals surface area contributed by atoms with Crippen LogP contribution in [-0.2, 0) is 9.59 Å². The molecule has 0 radical (unpaired) electrons. The molecule has 5 heteroatoms. The van der Waals surface area contributed by atoms with Crippen LogP contribution in [-0.4, -0.2) is 30.3 Å². The maximum absolute atomic E-state index is 12.6. The number of nitrogens with zero attached hydrogens (tertiary/aromatic N) is 1. The molecule has 0 aliphatic carbocycles. The Morgan fingerprint density at radius 1 is 1.08 bits per heavy atom. The molecule has 0 saturated carbocycles. The van der Waals surface area contributed by atoms with Crippen LogP contribution in [0.15, 0.2) is 54.6 Å². The number of likely N-dealkylation sites (N-methyl/N-ethyl adjacent to an activating group) is 1. The lowest BCUT2D eigenvalue weighted by Crippen LogP contribution is -2.37. The number of hydrogen-bond acceptors (Lipinski definition) is 2. The van der Waals surface area contributed by atoms with Gasteiger partial charge in [-0.25, -0.2) is 0 Å². The van der Waals surface area contributed by atoms with E-state index in [1.54, 1.807) is 31.3 Å². The predicted molar refractivity (Wildman–Crippen MR) is 97.2 cm³/mol. The first-order valence-electron chi connectivity index (χ1n) is 7.87. The molecule has 0 heterocycles. The van der Waals surface area contributed by atoms with E-state index in [9.17, 15) is 9.59 Å². The summed E-state index contributed by atoms with van der Waals surface area (Å²) in [4.78, 5) is 26.3. The zero-order chi connectivity index (χ0) is 17.5. The Bertz CT molecular complexity index is 704. The van der Waals surface area contributed by atoms with Crippen LogP contribution in [0, 0.1) is 0 Å². The lowest BCUT2D eigenvalue weighted by Gasteiger charge is -2.23. The Kier molecular flexibility index (Phi) is 6.38. The van der Waals surface area contributed by atoms with Crippen LogP contribution in [0.3, 0.4) is 0 Å². The summed E-state index contributed by atoms with van der Waals surface area (Å²) >= 11 is 6.03. The first-order valence-corrected chi connectivity index (χ1v) is 8.25. The highest BCUT2D eigenvalue weighted by atomic mass is 35.5. The number of rotatable bonds is 6. The SMILES string of the molecule is CCC(C(=O)N(C)CC(=O)Nc1ccccc1Cl)c1ccccc1. The largest absolute Gasteiger partial charge is 0.336 e. The third-order valence-corrected chi connectivity index (χ3v) is 4.14. The number of para-hydroxylation sites is 1. The standard InChI is InChI=1S/C19H21ClN2O2/c1-3-15(14-9-5-4-6-10-14)19(24)22(2)13-18(23)21-17-12-8-7-11-16(17)20/h4-12,15H,3,13H2,1-2H3,(H,21,23). The smallest absolute Gasteiger partial charge is 0.244 e. The molecular weight excluding hydrogens is 324 g/mol. The molecule has 0 aliphatic rings. The van der Waals surface area contributed by atoms with Gasteiger partial charge in [-0.1, -0.05) is 61.0 Å². The Morgan fingerprint density at radius 3 is 2.33 bits per heavy atom. The third-order valence-electron chi connectivity index (χ3n) is 3.81. The molecule has 0 spiro atoms. The maximum Gasteiger partial charge on any atom is 0.244 e. The van der Waals surface area contributed by atoms with E-state index in [4.69, 9.17) is 11.6 Å². The van der Waals surface area contributed by atoms with Gasteiger partial charge in [-0.05, 0) is 24.1 Å². The van der Waals surface area contributed by atoms with E-state index < -0.39 is 0 Å². The van der Waals surface area contributed by atoms with Crippen molar-refractivity contribution in [3.05, 3.63) is 65.2 Å². The molecule has 24 heavy (non-hydrogen) atoms. The van der Waals surface area contributed by atoms with Gasteiger partial charge in [0.15, 0.2) is 0 Å². The second kappa shape index (κ2) is 8.50. The van der Waals surface area contributed by atoms with Crippen LogP contribution < -0.4 is 5.32 Å². The number of carbonyl (C=O) groups excluding carboxylic acids is 2. The van der Waals surface area contributed by atoms with E-state index in [2.05, 4.69) is 5.32 Å². The van der Waals surface area contributed by atoms with Crippen molar-refractivity contribution >= 4 is 29.1 Å². The summed E-state index contributed by atoms with van der Waals surface area (Å²) in [6, 6.07) is 16.6. The van der Waals surface area contributed by atoms with E-state index in [1.807, 2.05) is 37.3 Å². The van der Waals surface area contributed by atoms with Gasteiger partial charge in [0.05, 0.1) is 23.2 Å². The highest BCUT2D eigenvalue weighted by molar-refractivity contribution is 6.33. The molecule has 1 atom stereocenters. The van der Waals surface area contributed by atoms with Gasteiger partial charge in [-0.2, -0.15) is 0 Å². The quantitative estimate of drug-likeness (QED) is 0.863. The Labute approximate surface area is 147 Å². The molecule has 4 nitrogen and oxygen atoms in total. The molecule has 1 unspecified atom stereocenters. The van der Waals surface area contributed by atoms with Crippen molar-refractivity contribution in [1.29, 1.82) is 0 Å². The molecule has 0 saturated heterocycles. The number of halogens is 1. The van der Waals surface area contributed by atoms with Gasteiger partial charge in [-0.15, -0.1) is 0 Å². The topological polar surface area (TPSA) is 49.4 Å². The molecular formula is C19H21ClN2O2. The molecule has 2 aromatic rings. The number of nitrogens with one attached hydrogen (secondary N) is 1. The van der Waals surface area contributed by atoms with Crippen molar-refractivity contribution in [2.24, 2.45) is 0 Å². The van der Waals surface area contributed by atoms with Crippen LogP contribution in [0.5, 0.6) is 0 Å². The van der Waals surface area contributed by atoms with Gasteiger partial charge >= 0.3 is 0 Å². The summed E-state index contributed by atoms with van der Waals surface area (Å²) in [7, 11) is 1.64. The van der Waals surface area contributed by atoms with Gasteiger partial charge in [0.25, 0.3) is 0 Å². The fraction of sp³-hybridized carbons (Fsp3) is 0.263. The Balaban J connectivity index is 2.00. The number of benzene rings is 2. The fourth-order valence-corrected chi connectivity index (χ4v) is 2.73. The normalized spacial score (nSPS) is 11.6. The molecule has 2 rings (SSSR count). The summed E-state index contributed by atoms with van der Waals surface area (Å²) in [5, 5.41) is 3.20. The van der Waals surface area contributed by atoms with Gasteiger partial charge in [0.2, 0.25) is 11.8 Å². The van der Waals surface area contributed by atoms with Gasteiger partial charge in [0.1, 0.15) is 0 Å². The fourth-order valence-electron chi connectivity index (χ4n) is 2.55. The van der Waals surface area contributed by atoms with Crippen LogP contribution in [0.1, 0.15) is 24.8 Å². The van der Waals surface area contributed by atoms with E-state index in [-0.39, 0.29) is 24.3 Å². The molecule has 0 bridgehead atoms. The lowest BCUT2D eigenvalue weighted by atomic mass is 9.95. The van der Waals surface area contributed by atoms with E-state index >= 15 is 0 Å². The first kappa shape index (κ1) is 18.0. The first-order chi connectivity index (χ1) is 11.5. The van der Waals surface area contributed by atoms with Gasteiger partial charge < -0.3 is 10.2 Å². The predicted octanol–water partition coefficient (Wildman–Crippen LogP) is 3.93. The van der Waals surface area contributed by atoms with Crippen molar-refractivity contribution in [2.45, 2.75) is 19.3 Å². The minimum absolute atomic E-state index is 0.0204. The molecule has 0 aromatic heterocycles. The lowest BCUT2D eigenvalue weighted by molar-refractivity contribution is -0.134. The molecule has 0 aliphatic heterocycles. The van der Waals surface area contributed by atoms with E-state index in [0.29, 0.717) is 17.1 Å². The third kappa shape index (κ3) is 4.59. The summed E-state index contributed by atoms with van der Waals surface area (Å²) < 4.78 is 0. The second-order valence-electron chi connectivity index (χ2n) is 5.59. The molecule has 1 N–H and O–H groups in total. The molecule has 126 valence electrons. The molecule has 2 amide bonds. The average Bonchev–Trinajstić information content (AvgIpc) is 2.58. The zero-order valence-corrected chi connectivity index (χ0v) is 14.6. The van der Waals surface area contributed by atoms with Crippen molar-refractivity contribution in [3.8, 4) is 0 Å². The number of carbonyl (C=O) groups is 2. The summed E-state index contributed by atoms with van der Waals surface area (Å²) in [5.74, 6) is -0.593. The van der Waals surface area contributed by atoms with E-state index in [0.717, 1.165) is 5.56 Å². The van der Waals surface area contributed by atoms with Crippen LogP contribution in [0.2, 0.25) is 5.02 Å². The minimum Gasteiger partial charge on any atom is -0.336 e. The maximum atomic E-state index is 12.6. The molecule has 2 aromatic carbocycles. The van der Waals surface area contributed by atoms with Crippen LogP contribution >= 0.6 is 11.6 Å². The number of anilines is 1. The summed E-state index contributed by atoms with van der Waals surface area (Å²) in [6.07, 6.45) is 0.680.